The van der Waals surface area contributed by atoms with Gasteiger partial charge in [-0.15, -0.1) is 0 Å². The number of carbonyl (C=O) groups excluding carboxylic acids is 2. The Bertz CT molecular complexity index is 802. The molecule has 23 heavy (non-hydrogen) atoms. The predicted molar refractivity (Wildman–Crippen MR) is 81.0 cm³/mol. The van der Waals surface area contributed by atoms with Crippen molar-refractivity contribution in [1.29, 1.82) is 5.26 Å². The lowest BCUT2D eigenvalue weighted by atomic mass is 10.1. The number of nitrogens with zero attached hydrogens (tertiary/aromatic N) is 2. The summed E-state index contributed by atoms with van der Waals surface area (Å²) >= 11 is 0. The highest BCUT2D eigenvalue weighted by molar-refractivity contribution is 6.10. The van der Waals surface area contributed by atoms with E-state index in [1.807, 2.05) is 0 Å². The van der Waals surface area contributed by atoms with Crippen LogP contribution in [-0.2, 0) is 4.74 Å². The van der Waals surface area contributed by atoms with Crippen molar-refractivity contribution in [2.75, 3.05) is 11.9 Å². The smallest absolute Gasteiger partial charge is 0.361 e. The van der Waals surface area contributed by atoms with Gasteiger partial charge in [-0.2, -0.15) is 5.26 Å². The highest BCUT2D eigenvalue weighted by atomic mass is 16.5. The summed E-state index contributed by atoms with van der Waals surface area (Å²) < 4.78 is 9.78. The third-order valence-electron chi connectivity index (χ3n) is 3.16. The maximum Gasteiger partial charge on any atom is 0.361 e. The Hall–Kier alpha value is -3.14. The molecule has 0 unspecified atom stereocenters. The van der Waals surface area contributed by atoms with Gasteiger partial charge in [0.15, 0.2) is 0 Å². The monoisotopic (exact) mass is 313 g/mol. The molecule has 0 radical (unpaired) electrons. The summed E-state index contributed by atoms with van der Waals surface area (Å²) in [4.78, 5) is 24.2. The van der Waals surface area contributed by atoms with Crippen molar-refractivity contribution in [2.24, 2.45) is 0 Å². The summed E-state index contributed by atoms with van der Waals surface area (Å²) in [5, 5.41) is 15.2. The minimum absolute atomic E-state index is 0.0328. The summed E-state index contributed by atoms with van der Waals surface area (Å²) in [5.41, 5.74) is 1.63. The summed E-state index contributed by atoms with van der Waals surface area (Å²) in [7, 11) is 0. The minimum atomic E-state index is -0.717. The molecular formula is C16H15N3O4. The third kappa shape index (κ3) is 3.37. The molecule has 1 N–H and O–H groups in total. The molecule has 0 bridgehead atoms. The number of ether oxygens (including phenoxy) is 1. The molecule has 1 amide bonds. The van der Waals surface area contributed by atoms with Crippen LogP contribution in [0, 0.1) is 25.2 Å². The highest BCUT2D eigenvalue weighted by Gasteiger charge is 2.26. The Kier molecular flexibility index (Phi) is 4.76. The van der Waals surface area contributed by atoms with E-state index in [9.17, 15) is 9.59 Å². The molecule has 0 saturated heterocycles. The second kappa shape index (κ2) is 6.75. The Morgan fingerprint density at radius 2 is 2.13 bits per heavy atom. The first-order chi connectivity index (χ1) is 11.0. The van der Waals surface area contributed by atoms with Gasteiger partial charge in [0.1, 0.15) is 11.3 Å². The van der Waals surface area contributed by atoms with Crippen LogP contribution in [0.2, 0.25) is 0 Å². The zero-order valence-corrected chi connectivity index (χ0v) is 13.0. The number of anilines is 1. The molecule has 1 aromatic heterocycles. The van der Waals surface area contributed by atoms with Crippen molar-refractivity contribution in [3.05, 3.63) is 46.3 Å². The van der Waals surface area contributed by atoms with Gasteiger partial charge in [-0.3, -0.25) is 4.79 Å². The number of nitriles is 1. The van der Waals surface area contributed by atoms with Crippen LogP contribution in [0.4, 0.5) is 5.69 Å². The van der Waals surface area contributed by atoms with Gasteiger partial charge in [0.25, 0.3) is 5.91 Å². The van der Waals surface area contributed by atoms with E-state index in [2.05, 4.69) is 16.5 Å². The Morgan fingerprint density at radius 1 is 1.39 bits per heavy atom. The number of esters is 1. The van der Waals surface area contributed by atoms with Gasteiger partial charge in [-0.1, -0.05) is 5.16 Å². The molecule has 1 aromatic carbocycles. The van der Waals surface area contributed by atoms with E-state index in [-0.39, 0.29) is 23.6 Å². The second-order valence-electron chi connectivity index (χ2n) is 4.78. The zero-order chi connectivity index (χ0) is 17.0. The number of aromatic nitrogens is 1. The van der Waals surface area contributed by atoms with E-state index in [1.165, 1.54) is 6.92 Å². The van der Waals surface area contributed by atoms with Crippen LogP contribution in [0.1, 0.15) is 44.7 Å². The lowest BCUT2D eigenvalue weighted by molar-refractivity contribution is 0.0512. The Morgan fingerprint density at radius 3 is 2.74 bits per heavy atom. The number of carbonyl (C=O) groups is 2. The zero-order valence-electron chi connectivity index (χ0n) is 13.0. The van der Waals surface area contributed by atoms with Gasteiger partial charge in [0, 0.05) is 5.69 Å². The summed E-state index contributed by atoms with van der Waals surface area (Å²) in [6.07, 6.45) is 0. The van der Waals surface area contributed by atoms with Crippen LogP contribution >= 0.6 is 0 Å². The number of aryl methyl sites for hydroxylation is 2. The van der Waals surface area contributed by atoms with Crippen LogP contribution in [-0.4, -0.2) is 23.6 Å². The van der Waals surface area contributed by atoms with Crippen LogP contribution in [0.15, 0.2) is 22.7 Å². The van der Waals surface area contributed by atoms with Crippen molar-refractivity contribution in [3.63, 3.8) is 0 Å². The number of rotatable bonds is 4. The highest BCUT2D eigenvalue weighted by Crippen LogP contribution is 2.19. The number of amides is 1. The molecule has 0 fully saturated rings. The lowest BCUT2D eigenvalue weighted by Crippen LogP contribution is -2.18. The minimum Gasteiger partial charge on any atom is -0.461 e. The average Bonchev–Trinajstić information content (AvgIpc) is 2.89. The van der Waals surface area contributed by atoms with Crippen LogP contribution in [0.5, 0.6) is 0 Å². The normalized spacial score (nSPS) is 10.0. The Balaban J connectivity index is 2.28. The molecule has 0 saturated carbocycles. The molecule has 1 heterocycles. The molecule has 7 nitrogen and oxygen atoms in total. The predicted octanol–water partition coefficient (Wildman–Crippen LogP) is 2.59. The van der Waals surface area contributed by atoms with E-state index in [4.69, 9.17) is 14.5 Å². The first-order valence-corrected chi connectivity index (χ1v) is 6.93. The van der Waals surface area contributed by atoms with E-state index in [0.29, 0.717) is 11.3 Å². The molecule has 2 rings (SSSR count). The molecule has 7 heteroatoms. The van der Waals surface area contributed by atoms with Gasteiger partial charge in [0.2, 0.25) is 5.69 Å². The van der Waals surface area contributed by atoms with E-state index in [1.54, 1.807) is 32.0 Å². The maximum atomic E-state index is 12.4. The molecule has 118 valence electrons. The van der Waals surface area contributed by atoms with Crippen LogP contribution in [0.25, 0.3) is 0 Å². The topological polar surface area (TPSA) is 105 Å². The van der Waals surface area contributed by atoms with Gasteiger partial charge >= 0.3 is 5.97 Å². The quantitative estimate of drug-likeness (QED) is 0.870. The molecular weight excluding hydrogens is 298 g/mol. The molecule has 0 spiro atoms. The van der Waals surface area contributed by atoms with Crippen molar-refractivity contribution in [2.45, 2.75) is 20.8 Å². The number of hydrogen-bond acceptors (Lipinski definition) is 6. The van der Waals surface area contributed by atoms with Gasteiger partial charge < -0.3 is 14.6 Å². The lowest BCUT2D eigenvalue weighted by Gasteiger charge is -2.07. The molecule has 0 aliphatic rings. The van der Waals surface area contributed by atoms with E-state index < -0.39 is 11.9 Å². The fourth-order valence-corrected chi connectivity index (χ4v) is 2.04. The van der Waals surface area contributed by atoms with Gasteiger partial charge in [-0.25, -0.2) is 4.79 Å². The SMILES string of the molecule is CCOC(=O)c1noc(C)c1C(=O)Nc1ccc(C#N)c(C)c1. The largest absolute Gasteiger partial charge is 0.461 e. The van der Waals surface area contributed by atoms with Crippen LogP contribution < -0.4 is 5.32 Å². The maximum absolute atomic E-state index is 12.4. The molecule has 0 atom stereocenters. The van der Waals surface area contributed by atoms with E-state index >= 15 is 0 Å². The van der Waals surface area contributed by atoms with E-state index in [0.717, 1.165) is 5.56 Å². The third-order valence-corrected chi connectivity index (χ3v) is 3.16. The molecule has 0 aliphatic heterocycles. The number of nitrogens with one attached hydrogen (secondary N) is 1. The Labute approximate surface area is 132 Å². The molecule has 2 aromatic rings. The average molecular weight is 313 g/mol. The fourth-order valence-electron chi connectivity index (χ4n) is 2.04. The fraction of sp³-hybridized carbons (Fsp3) is 0.250. The second-order valence-corrected chi connectivity index (χ2v) is 4.78. The van der Waals surface area contributed by atoms with Crippen molar-refractivity contribution >= 4 is 17.6 Å². The summed E-state index contributed by atoms with van der Waals surface area (Å²) in [6, 6.07) is 6.94. The van der Waals surface area contributed by atoms with Crippen LogP contribution in [0.3, 0.4) is 0 Å². The standard InChI is InChI=1S/C16H15N3O4/c1-4-22-16(21)14-13(10(3)23-19-14)15(20)18-12-6-5-11(8-17)9(2)7-12/h5-7H,4H2,1-3H3,(H,18,20). The van der Waals surface area contributed by atoms with Crippen molar-refractivity contribution < 1.29 is 18.8 Å². The molecule has 0 aliphatic carbocycles. The summed E-state index contributed by atoms with van der Waals surface area (Å²) in [6.45, 7) is 5.13. The van der Waals surface area contributed by atoms with Crippen molar-refractivity contribution in [3.8, 4) is 6.07 Å². The summed E-state index contributed by atoms with van der Waals surface area (Å²) in [5.74, 6) is -1.03. The van der Waals surface area contributed by atoms with Gasteiger partial charge in [0.05, 0.1) is 18.2 Å². The number of benzene rings is 1. The first-order valence-electron chi connectivity index (χ1n) is 6.93. The first kappa shape index (κ1) is 16.2. The van der Waals surface area contributed by atoms with Crippen molar-refractivity contribution in [1.82, 2.24) is 5.16 Å². The number of hydrogen-bond donors (Lipinski definition) is 1. The van der Waals surface area contributed by atoms with Gasteiger partial charge in [-0.05, 0) is 44.5 Å².